The number of nitrogens with two attached hydrogens (primary N) is 1. The molecular weight excluding hydrogens is 208 g/mol. The largest absolute Gasteiger partial charge is 0.383 e. The normalized spacial score (nSPS) is 10.9. The summed E-state index contributed by atoms with van der Waals surface area (Å²) >= 11 is 1.67. The van der Waals surface area contributed by atoms with Gasteiger partial charge in [0, 0.05) is 16.6 Å². The van der Waals surface area contributed by atoms with Crippen molar-refractivity contribution in [2.75, 3.05) is 5.73 Å². The van der Waals surface area contributed by atoms with Gasteiger partial charge >= 0.3 is 0 Å². The van der Waals surface area contributed by atoms with E-state index in [1.165, 1.54) is 11.2 Å². The fourth-order valence-electron chi connectivity index (χ4n) is 1.61. The van der Waals surface area contributed by atoms with E-state index in [0.717, 1.165) is 16.6 Å². The average Bonchev–Trinajstić information content (AvgIpc) is 2.85. The van der Waals surface area contributed by atoms with E-state index in [1.54, 1.807) is 11.3 Å². The van der Waals surface area contributed by atoms with Gasteiger partial charge in [-0.05, 0) is 11.4 Å². The Balaban J connectivity index is 2.37. The van der Waals surface area contributed by atoms with Gasteiger partial charge in [0.15, 0.2) is 0 Å². The van der Waals surface area contributed by atoms with E-state index in [-0.39, 0.29) is 0 Å². The van der Waals surface area contributed by atoms with E-state index < -0.39 is 0 Å². The number of aromatic amines is 1. The molecule has 3 aromatic rings. The van der Waals surface area contributed by atoms with Crippen LogP contribution in [0.15, 0.2) is 30.0 Å². The number of fused-ring (bicyclic) bond motifs is 1. The lowest BCUT2D eigenvalue weighted by atomic mass is 10.2. The summed E-state index contributed by atoms with van der Waals surface area (Å²) in [5.74, 6) is 0.518. The van der Waals surface area contributed by atoms with Gasteiger partial charge in [-0.3, -0.25) is 0 Å². The molecule has 0 aliphatic heterocycles. The summed E-state index contributed by atoms with van der Waals surface area (Å²) in [7, 11) is 0. The van der Waals surface area contributed by atoms with Crippen LogP contribution in [0, 0.1) is 0 Å². The lowest BCUT2D eigenvalue weighted by molar-refractivity contribution is 1.21. The lowest BCUT2D eigenvalue weighted by Crippen LogP contribution is -1.91. The van der Waals surface area contributed by atoms with Crippen molar-refractivity contribution in [2.24, 2.45) is 0 Å². The van der Waals surface area contributed by atoms with Crippen LogP contribution in [0.3, 0.4) is 0 Å². The summed E-state index contributed by atoms with van der Waals surface area (Å²) in [4.78, 5) is 12.4. The van der Waals surface area contributed by atoms with Gasteiger partial charge in [-0.1, -0.05) is 6.07 Å². The van der Waals surface area contributed by atoms with Gasteiger partial charge in [0.05, 0.1) is 5.39 Å². The number of aromatic nitrogens is 3. The van der Waals surface area contributed by atoms with Crippen LogP contribution in [0.1, 0.15) is 0 Å². The monoisotopic (exact) mass is 216 g/mol. The molecule has 0 atom stereocenters. The zero-order chi connectivity index (χ0) is 10.3. The Morgan fingerprint density at radius 1 is 1.33 bits per heavy atom. The quantitative estimate of drug-likeness (QED) is 0.655. The maximum Gasteiger partial charge on any atom is 0.143 e. The van der Waals surface area contributed by atoms with Crippen LogP contribution in [0.25, 0.3) is 21.5 Å². The number of anilines is 1. The third kappa shape index (κ3) is 1.20. The summed E-state index contributed by atoms with van der Waals surface area (Å²) in [6, 6.07) is 4.07. The van der Waals surface area contributed by atoms with Crippen molar-refractivity contribution in [2.45, 2.75) is 0 Å². The first-order valence-corrected chi connectivity index (χ1v) is 5.35. The van der Waals surface area contributed by atoms with Gasteiger partial charge in [-0.2, -0.15) is 0 Å². The topological polar surface area (TPSA) is 67.6 Å². The van der Waals surface area contributed by atoms with E-state index >= 15 is 0 Å². The van der Waals surface area contributed by atoms with Crippen molar-refractivity contribution in [1.82, 2.24) is 15.0 Å². The Morgan fingerprint density at radius 2 is 2.27 bits per heavy atom. The molecule has 3 heterocycles. The minimum atomic E-state index is 0.518. The summed E-state index contributed by atoms with van der Waals surface area (Å²) < 4.78 is 0. The van der Waals surface area contributed by atoms with Crippen LogP contribution >= 0.6 is 11.3 Å². The highest BCUT2D eigenvalue weighted by Gasteiger charge is 2.10. The molecule has 0 radical (unpaired) electrons. The molecule has 3 aromatic heterocycles. The molecule has 0 unspecified atom stereocenters. The molecule has 0 aliphatic carbocycles. The summed E-state index contributed by atoms with van der Waals surface area (Å²) in [6.07, 6.45) is 3.38. The second kappa shape index (κ2) is 3.06. The Kier molecular flexibility index (Phi) is 1.72. The number of nitrogen functional groups attached to an aromatic ring is 1. The Labute approximate surface area is 89.8 Å². The smallest absolute Gasteiger partial charge is 0.143 e. The lowest BCUT2D eigenvalue weighted by Gasteiger charge is -1.97. The zero-order valence-electron chi connectivity index (χ0n) is 7.77. The van der Waals surface area contributed by atoms with Gasteiger partial charge in [0.2, 0.25) is 0 Å². The molecule has 0 bridgehead atoms. The molecule has 15 heavy (non-hydrogen) atoms. The van der Waals surface area contributed by atoms with Gasteiger partial charge in [0.1, 0.15) is 17.8 Å². The molecule has 0 amide bonds. The van der Waals surface area contributed by atoms with Crippen LogP contribution in [0.4, 0.5) is 5.82 Å². The number of hydrogen-bond donors (Lipinski definition) is 2. The van der Waals surface area contributed by atoms with Crippen LogP contribution in [0.2, 0.25) is 0 Å². The summed E-state index contributed by atoms with van der Waals surface area (Å²) in [5, 5.41) is 2.94. The molecule has 0 saturated carbocycles. The third-order valence-electron chi connectivity index (χ3n) is 2.29. The molecule has 3 rings (SSSR count). The van der Waals surface area contributed by atoms with E-state index in [4.69, 9.17) is 5.73 Å². The average molecular weight is 216 g/mol. The number of nitrogens with one attached hydrogen (secondary N) is 1. The molecule has 0 aromatic carbocycles. The van der Waals surface area contributed by atoms with Crippen LogP contribution in [-0.2, 0) is 0 Å². The Morgan fingerprint density at radius 3 is 3.07 bits per heavy atom. The Bertz CT molecular complexity index is 597. The van der Waals surface area contributed by atoms with Crippen molar-refractivity contribution in [3.05, 3.63) is 30.0 Å². The predicted octanol–water partition coefficient (Wildman–Crippen LogP) is 2.27. The second-order valence-electron chi connectivity index (χ2n) is 3.16. The second-order valence-corrected chi connectivity index (χ2v) is 4.11. The van der Waals surface area contributed by atoms with E-state index in [0.29, 0.717) is 5.82 Å². The third-order valence-corrected chi connectivity index (χ3v) is 3.19. The minimum absolute atomic E-state index is 0.518. The van der Waals surface area contributed by atoms with Crippen molar-refractivity contribution in [3.8, 4) is 10.4 Å². The summed E-state index contributed by atoms with van der Waals surface area (Å²) in [6.45, 7) is 0. The van der Waals surface area contributed by atoms with E-state index in [2.05, 4.69) is 21.0 Å². The molecule has 0 spiro atoms. The molecule has 0 fully saturated rings. The van der Waals surface area contributed by atoms with Gasteiger partial charge in [-0.15, -0.1) is 11.3 Å². The fourth-order valence-corrected chi connectivity index (χ4v) is 2.36. The molecule has 4 nitrogen and oxygen atoms in total. The van der Waals surface area contributed by atoms with Gasteiger partial charge < -0.3 is 10.7 Å². The first-order chi connectivity index (χ1) is 7.36. The van der Waals surface area contributed by atoms with Gasteiger partial charge in [0.25, 0.3) is 0 Å². The highest BCUT2D eigenvalue weighted by molar-refractivity contribution is 7.13. The first-order valence-electron chi connectivity index (χ1n) is 4.47. The highest BCUT2D eigenvalue weighted by Crippen LogP contribution is 2.32. The fraction of sp³-hybridized carbons (Fsp3) is 0. The highest BCUT2D eigenvalue weighted by atomic mass is 32.1. The molecular formula is C10H8N4S. The number of thiophene rings is 1. The number of rotatable bonds is 1. The number of nitrogens with zero attached hydrogens (tertiary/aromatic N) is 2. The molecule has 0 aliphatic rings. The van der Waals surface area contributed by atoms with Crippen molar-refractivity contribution in [1.29, 1.82) is 0 Å². The zero-order valence-corrected chi connectivity index (χ0v) is 8.58. The van der Waals surface area contributed by atoms with Crippen molar-refractivity contribution >= 4 is 28.2 Å². The summed E-state index contributed by atoms with van der Waals surface area (Å²) in [5.41, 5.74) is 7.69. The van der Waals surface area contributed by atoms with E-state index in [9.17, 15) is 0 Å². The van der Waals surface area contributed by atoms with E-state index in [1.807, 2.05) is 17.6 Å². The van der Waals surface area contributed by atoms with Crippen molar-refractivity contribution < 1.29 is 0 Å². The number of hydrogen-bond acceptors (Lipinski definition) is 4. The SMILES string of the molecule is Nc1ncnc2[nH]cc(-c3cccs3)c12. The standard InChI is InChI=1S/C10H8N4S/c11-9-8-6(7-2-1-3-15-7)4-12-10(8)14-5-13-9/h1-5H,(H3,11,12,13,14). The number of H-pyrrole nitrogens is 1. The maximum absolute atomic E-state index is 5.84. The first kappa shape index (κ1) is 8.43. The predicted molar refractivity (Wildman–Crippen MR) is 61.6 cm³/mol. The molecule has 0 saturated heterocycles. The Hall–Kier alpha value is -1.88. The van der Waals surface area contributed by atoms with Crippen molar-refractivity contribution in [3.63, 3.8) is 0 Å². The van der Waals surface area contributed by atoms with Gasteiger partial charge in [-0.25, -0.2) is 9.97 Å². The molecule has 74 valence electrons. The van der Waals surface area contributed by atoms with Crippen LogP contribution in [-0.4, -0.2) is 15.0 Å². The van der Waals surface area contributed by atoms with Crippen LogP contribution in [0.5, 0.6) is 0 Å². The minimum Gasteiger partial charge on any atom is -0.383 e. The molecule has 5 heteroatoms. The van der Waals surface area contributed by atoms with Crippen LogP contribution < -0.4 is 5.73 Å². The molecule has 3 N–H and O–H groups in total. The maximum atomic E-state index is 5.84.